The summed E-state index contributed by atoms with van der Waals surface area (Å²) in [6.07, 6.45) is 8.04. The highest BCUT2D eigenvalue weighted by Crippen LogP contribution is 2.28. The maximum absolute atomic E-state index is 13.6. The van der Waals surface area contributed by atoms with E-state index in [2.05, 4.69) is 20.9 Å². The number of imidazole rings is 1. The van der Waals surface area contributed by atoms with Crippen molar-refractivity contribution in [2.75, 3.05) is 11.9 Å². The number of nitrogens with zero attached hydrogens (tertiary/aromatic N) is 2. The van der Waals surface area contributed by atoms with Gasteiger partial charge in [-0.15, -0.1) is 0 Å². The summed E-state index contributed by atoms with van der Waals surface area (Å²) in [4.78, 5) is 56.4. The Morgan fingerprint density at radius 2 is 1.69 bits per heavy atom. The minimum absolute atomic E-state index is 0.224. The standard InChI is InChI=1S/C31H45N5O6/c1-7-41-27(38)25(22-16-12-9-13-17-22)36-19-24(32-20-36)34-26(37)23(18-21-14-10-8-11-15-21)33-28(39)31(5,6)35-29(40)42-30(2,3)4/h9,12-13,16-17,19-21,23,25H,7-8,10-11,14-15,18H2,1-6H3,(H,33,39)(H,34,37)(H,35,40). The van der Waals surface area contributed by atoms with E-state index in [4.69, 9.17) is 9.47 Å². The number of esters is 1. The quantitative estimate of drug-likeness (QED) is 0.325. The van der Waals surface area contributed by atoms with Gasteiger partial charge in [0.25, 0.3) is 0 Å². The van der Waals surface area contributed by atoms with Crippen LogP contribution in [0.15, 0.2) is 42.9 Å². The van der Waals surface area contributed by atoms with Crippen molar-refractivity contribution in [3.8, 4) is 0 Å². The van der Waals surface area contributed by atoms with Crippen LogP contribution in [0.4, 0.5) is 10.6 Å². The van der Waals surface area contributed by atoms with E-state index < -0.39 is 47.1 Å². The first-order valence-electron chi connectivity index (χ1n) is 14.7. The zero-order valence-electron chi connectivity index (χ0n) is 25.6. The van der Waals surface area contributed by atoms with Gasteiger partial charge in [0.05, 0.1) is 12.9 Å². The summed E-state index contributed by atoms with van der Waals surface area (Å²) in [7, 11) is 0. The minimum atomic E-state index is -1.34. The van der Waals surface area contributed by atoms with Crippen molar-refractivity contribution in [3.63, 3.8) is 0 Å². The van der Waals surface area contributed by atoms with Gasteiger partial charge in [0.15, 0.2) is 11.9 Å². The molecule has 1 aromatic heterocycles. The van der Waals surface area contributed by atoms with Gasteiger partial charge in [-0.3, -0.25) is 9.59 Å². The Kier molecular flexibility index (Phi) is 11.1. The molecule has 3 rings (SSSR count). The number of ether oxygens (including phenoxy) is 2. The number of rotatable bonds is 11. The van der Waals surface area contributed by atoms with E-state index in [0.717, 1.165) is 32.1 Å². The summed E-state index contributed by atoms with van der Waals surface area (Å²) in [5, 5.41) is 8.26. The Labute approximate surface area is 248 Å². The molecule has 11 heteroatoms. The lowest BCUT2D eigenvalue weighted by atomic mass is 9.84. The van der Waals surface area contributed by atoms with E-state index in [9.17, 15) is 19.2 Å². The van der Waals surface area contributed by atoms with Gasteiger partial charge in [-0.05, 0) is 59.4 Å². The molecule has 2 aromatic rings. The van der Waals surface area contributed by atoms with Crippen LogP contribution in [0.5, 0.6) is 0 Å². The number of anilines is 1. The molecule has 1 aliphatic carbocycles. The monoisotopic (exact) mass is 583 g/mol. The molecule has 1 heterocycles. The van der Waals surface area contributed by atoms with Gasteiger partial charge in [0.1, 0.15) is 17.2 Å². The summed E-state index contributed by atoms with van der Waals surface area (Å²) in [6, 6.07) is 7.53. The highest BCUT2D eigenvalue weighted by atomic mass is 16.6. The molecule has 0 bridgehead atoms. The van der Waals surface area contributed by atoms with E-state index in [-0.39, 0.29) is 18.3 Å². The van der Waals surface area contributed by atoms with Gasteiger partial charge in [-0.2, -0.15) is 0 Å². The van der Waals surface area contributed by atoms with Crippen LogP contribution in [0.25, 0.3) is 0 Å². The molecule has 0 aliphatic heterocycles. The summed E-state index contributed by atoms with van der Waals surface area (Å²) < 4.78 is 12.2. The molecular weight excluding hydrogens is 538 g/mol. The Balaban J connectivity index is 1.77. The third-order valence-corrected chi connectivity index (χ3v) is 7.07. The fraction of sp³-hybridized carbons (Fsp3) is 0.581. The SMILES string of the molecule is CCOC(=O)C(c1ccccc1)n1cnc(NC(=O)C(CC2CCCCC2)NC(=O)C(C)(C)NC(=O)OC(C)(C)C)c1. The lowest BCUT2D eigenvalue weighted by Crippen LogP contribution is -2.59. The molecule has 1 fully saturated rings. The van der Waals surface area contributed by atoms with Crippen LogP contribution in [0, 0.1) is 5.92 Å². The average Bonchev–Trinajstić information content (AvgIpc) is 3.35. The van der Waals surface area contributed by atoms with Crippen molar-refractivity contribution in [1.29, 1.82) is 0 Å². The van der Waals surface area contributed by atoms with Crippen LogP contribution < -0.4 is 16.0 Å². The molecule has 1 aromatic carbocycles. The van der Waals surface area contributed by atoms with Crippen molar-refractivity contribution in [2.24, 2.45) is 5.92 Å². The Morgan fingerprint density at radius 1 is 1.02 bits per heavy atom. The topological polar surface area (TPSA) is 141 Å². The van der Waals surface area contributed by atoms with Crippen LogP contribution in [0.3, 0.4) is 0 Å². The first-order valence-corrected chi connectivity index (χ1v) is 14.7. The summed E-state index contributed by atoms with van der Waals surface area (Å²) in [5.74, 6) is -0.873. The van der Waals surface area contributed by atoms with Gasteiger partial charge >= 0.3 is 12.1 Å². The van der Waals surface area contributed by atoms with E-state index in [0.29, 0.717) is 12.0 Å². The molecule has 230 valence electrons. The zero-order chi connectivity index (χ0) is 30.9. The smallest absolute Gasteiger partial charge is 0.408 e. The Bertz CT molecular complexity index is 1210. The molecule has 0 radical (unpaired) electrons. The molecule has 3 amide bonds. The van der Waals surface area contributed by atoms with Crippen LogP contribution in [0.1, 0.15) is 91.7 Å². The fourth-order valence-corrected chi connectivity index (χ4v) is 4.98. The third kappa shape index (κ3) is 9.60. The van der Waals surface area contributed by atoms with Crippen molar-refractivity contribution in [2.45, 2.75) is 103 Å². The third-order valence-electron chi connectivity index (χ3n) is 7.07. The largest absolute Gasteiger partial charge is 0.464 e. The second kappa shape index (κ2) is 14.3. The Hall–Kier alpha value is -3.89. The van der Waals surface area contributed by atoms with Crippen LogP contribution in [-0.4, -0.2) is 57.2 Å². The normalized spacial score (nSPS) is 15.7. The van der Waals surface area contributed by atoms with E-state index >= 15 is 0 Å². The predicted octanol–water partition coefficient (Wildman–Crippen LogP) is 4.73. The number of benzene rings is 1. The minimum Gasteiger partial charge on any atom is -0.464 e. The molecule has 0 saturated heterocycles. The van der Waals surface area contributed by atoms with Gasteiger partial charge < -0.3 is 30.0 Å². The first-order chi connectivity index (χ1) is 19.8. The van der Waals surface area contributed by atoms with Crippen molar-refractivity contribution in [1.82, 2.24) is 20.2 Å². The maximum atomic E-state index is 13.6. The van der Waals surface area contributed by atoms with Gasteiger partial charge in [0.2, 0.25) is 11.8 Å². The van der Waals surface area contributed by atoms with Gasteiger partial charge in [0, 0.05) is 6.20 Å². The molecule has 2 unspecified atom stereocenters. The van der Waals surface area contributed by atoms with Crippen molar-refractivity contribution >= 4 is 29.7 Å². The van der Waals surface area contributed by atoms with Gasteiger partial charge in [-0.1, -0.05) is 62.4 Å². The molecule has 3 N–H and O–H groups in total. The zero-order valence-corrected chi connectivity index (χ0v) is 25.6. The van der Waals surface area contributed by atoms with E-state index in [1.165, 1.54) is 6.33 Å². The van der Waals surface area contributed by atoms with E-state index in [1.807, 2.05) is 30.3 Å². The first kappa shape index (κ1) is 32.6. The number of amides is 3. The second-order valence-electron chi connectivity index (χ2n) is 12.3. The lowest BCUT2D eigenvalue weighted by molar-refractivity contribution is -0.145. The number of hydrogen-bond donors (Lipinski definition) is 3. The number of carbonyl (C=O) groups is 4. The fourth-order valence-electron chi connectivity index (χ4n) is 4.98. The summed E-state index contributed by atoms with van der Waals surface area (Å²) >= 11 is 0. The number of alkyl carbamates (subject to hydrolysis) is 1. The lowest BCUT2D eigenvalue weighted by Gasteiger charge is -2.31. The number of aromatic nitrogens is 2. The molecule has 0 spiro atoms. The highest BCUT2D eigenvalue weighted by Gasteiger charge is 2.35. The second-order valence-corrected chi connectivity index (χ2v) is 12.3. The predicted molar refractivity (Wildman–Crippen MR) is 159 cm³/mol. The van der Waals surface area contributed by atoms with Crippen molar-refractivity contribution < 1.29 is 28.7 Å². The van der Waals surface area contributed by atoms with Crippen molar-refractivity contribution in [3.05, 3.63) is 48.4 Å². The molecule has 2 atom stereocenters. The highest BCUT2D eigenvalue weighted by molar-refractivity contribution is 5.98. The van der Waals surface area contributed by atoms with Crippen LogP contribution in [-0.2, 0) is 23.9 Å². The average molecular weight is 584 g/mol. The summed E-state index contributed by atoms with van der Waals surface area (Å²) in [5.41, 5.74) is -1.35. The Morgan fingerprint density at radius 3 is 2.31 bits per heavy atom. The molecular formula is C31H45N5O6. The molecule has 1 saturated carbocycles. The number of hydrogen-bond acceptors (Lipinski definition) is 7. The van der Waals surface area contributed by atoms with Gasteiger partial charge in [-0.25, -0.2) is 14.6 Å². The summed E-state index contributed by atoms with van der Waals surface area (Å²) in [6.45, 7) is 10.3. The van der Waals surface area contributed by atoms with Crippen LogP contribution in [0.2, 0.25) is 0 Å². The number of carbonyl (C=O) groups excluding carboxylic acids is 4. The van der Waals surface area contributed by atoms with E-state index in [1.54, 1.807) is 52.3 Å². The molecule has 42 heavy (non-hydrogen) atoms. The number of nitrogens with one attached hydrogen (secondary N) is 3. The van der Waals surface area contributed by atoms with Crippen LogP contribution >= 0.6 is 0 Å². The molecule has 1 aliphatic rings. The molecule has 11 nitrogen and oxygen atoms in total. The maximum Gasteiger partial charge on any atom is 0.408 e.